The zero-order chi connectivity index (χ0) is 19.3. The third-order valence-corrected chi connectivity index (χ3v) is 5.21. The first-order valence-electron chi connectivity index (χ1n) is 9.49. The maximum Gasteiger partial charge on any atom is 0.161 e. The SMILES string of the molecule is COc1ccc([C@@H]2[C@H](OCc3ccccc3)CN2c2ccccc2)cc1OC. The Morgan fingerprint density at radius 1 is 0.821 bits per heavy atom. The van der Waals surface area contributed by atoms with Crippen LogP contribution in [0.5, 0.6) is 11.5 Å². The van der Waals surface area contributed by atoms with Gasteiger partial charge in [-0.2, -0.15) is 0 Å². The highest BCUT2D eigenvalue weighted by Gasteiger charge is 2.41. The molecule has 3 aromatic rings. The number of hydrogen-bond acceptors (Lipinski definition) is 4. The fraction of sp³-hybridized carbons (Fsp3) is 0.250. The predicted octanol–water partition coefficient (Wildman–Crippen LogP) is 4.85. The Hall–Kier alpha value is -2.98. The second-order valence-electron chi connectivity index (χ2n) is 6.88. The van der Waals surface area contributed by atoms with Crippen LogP contribution in [0.1, 0.15) is 17.2 Å². The number of benzene rings is 3. The van der Waals surface area contributed by atoms with Crippen LogP contribution < -0.4 is 14.4 Å². The van der Waals surface area contributed by atoms with Gasteiger partial charge in [-0.25, -0.2) is 0 Å². The van der Waals surface area contributed by atoms with Crippen LogP contribution in [0.15, 0.2) is 78.9 Å². The van der Waals surface area contributed by atoms with E-state index in [1.165, 1.54) is 11.3 Å². The van der Waals surface area contributed by atoms with E-state index in [9.17, 15) is 0 Å². The molecular formula is C24H25NO3. The summed E-state index contributed by atoms with van der Waals surface area (Å²) in [6, 6.07) is 27.0. The fourth-order valence-electron chi connectivity index (χ4n) is 3.71. The monoisotopic (exact) mass is 375 g/mol. The van der Waals surface area contributed by atoms with E-state index in [4.69, 9.17) is 14.2 Å². The van der Waals surface area contributed by atoms with Crippen molar-refractivity contribution in [3.8, 4) is 11.5 Å². The third-order valence-electron chi connectivity index (χ3n) is 5.21. The van der Waals surface area contributed by atoms with Crippen molar-refractivity contribution >= 4 is 5.69 Å². The van der Waals surface area contributed by atoms with E-state index in [0.29, 0.717) is 6.61 Å². The molecule has 0 N–H and O–H groups in total. The second kappa shape index (κ2) is 8.36. The first kappa shape index (κ1) is 18.4. The van der Waals surface area contributed by atoms with Crippen molar-refractivity contribution in [1.82, 2.24) is 0 Å². The Morgan fingerprint density at radius 3 is 2.18 bits per heavy atom. The Labute approximate surface area is 166 Å². The molecule has 0 radical (unpaired) electrons. The van der Waals surface area contributed by atoms with Crippen molar-refractivity contribution in [3.63, 3.8) is 0 Å². The topological polar surface area (TPSA) is 30.9 Å². The summed E-state index contributed by atoms with van der Waals surface area (Å²) in [5.41, 5.74) is 3.54. The Morgan fingerprint density at radius 2 is 1.50 bits per heavy atom. The molecule has 4 nitrogen and oxygen atoms in total. The standard InChI is InChI=1S/C24H25NO3/c1-26-21-14-13-19(15-22(21)27-2)24-23(28-17-18-9-5-3-6-10-18)16-25(24)20-11-7-4-8-12-20/h3-15,23-24H,16-17H2,1-2H3/t23-,24-/m1/s1. The summed E-state index contributed by atoms with van der Waals surface area (Å²) < 4.78 is 17.2. The minimum absolute atomic E-state index is 0.110. The van der Waals surface area contributed by atoms with Gasteiger partial charge in [-0.05, 0) is 35.4 Å². The lowest BCUT2D eigenvalue weighted by molar-refractivity contribution is -0.00978. The highest BCUT2D eigenvalue weighted by atomic mass is 16.5. The molecular weight excluding hydrogens is 350 g/mol. The Bertz CT molecular complexity index is 896. The van der Waals surface area contributed by atoms with Crippen molar-refractivity contribution in [2.24, 2.45) is 0 Å². The lowest BCUT2D eigenvalue weighted by Gasteiger charge is -2.49. The average molecular weight is 375 g/mol. The molecule has 0 aromatic heterocycles. The van der Waals surface area contributed by atoms with Crippen LogP contribution in [0, 0.1) is 0 Å². The van der Waals surface area contributed by atoms with Gasteiger partial charge in [0.05, 0.1) is 33.0 Å². The summed E-state index contributed by atoms with van der Waals surface area (Å²) in [4.78, 5) is 2.37. The number of nitrogens with zero attached hydrogens (tertiary/aromatic N) is 1. The molecule has 144 valence electrons. The summed E-state index contributed by atoms with van der Waals surface area (Å²) in [6.45, 7) is 1.47. The summed E-state index contributed by atoms with van der Waals surface area (Å²) in [5.74, 6) is 1.47. The lowest BCUT2D eigenvalue weighted by Crippen LogP contribution is -2.55. The minimum Gasteiger partial charge on any atom is -0.493 e. The molecule has 0 spiro atoms. The van der Waals surface area contributed by atoms with E-state index in [2.05, 4.69) is 53.4 Å². The number of rotatable bonds is 7. The van der Waals surface area contributed by atoms with E-state index in [1.54, 1.807) is 14.2 Å². The number of para-hydroxylation sites is 1. The third kappa shape index (κ3) is 3.69. The van der Waals surface area contributed by atoms with Gasteiger partial charge in [0.25, 0.3) is 0 Å². The summed E-state index contributed by atoms with van der Waals surface area (Å²) >= 11 is 0. The van der Waals surface area contributed by atoms with E-state index in [-0.39, 0.29) is 12.1 Å². The highest BCUT2D eigenvalue weighted by molar-refractivity contribution is 5.55. The van der Waals surface area contributed by atoms with Gasteiger partial charge in [0.15, 0.2) is 11.5 Å². The van der Waals surface area contributed by atoms with Crippen LogP contribution in [0.4, 0.5) is 5.69 Å². The smallest absolute Gasteiger partial charge is 0.161 e. The van der Waals surface area contributed by atoms with Gasteiger partial charge in [-0.3, -0.25) is 0 Å². The van der Waals surface area contributed by atoms with E-state index >= 15 is 0 Å². The first-order valence-corrected chi connectivity index (χ1v) is 9.49. The van der Waals surface area contributed by atoms with Crippen molar-refractivity contribution < 1.29 is 14.2 Å². The number of ether oxygens (including phenoxy) is 3. The molecule has 4 heteroatoms. The van der Waals surface area contributed by atoms with Crippen LogP contribution in [0.3, 0.4) is 0 Å². The maximum absolute atomic E-state index is 6.30. The van der Waals surface area contributed by atoms with Crippen molar-refractivity contribution in [2.45, 2.75) is 18.8 Å². The average Bonchev–Trinajstić information content (AvgIpc) is 2.74. The first-order chi connectivity index (χ1) is 13.8. The van der Waals surface area contributed by atoms with Gasteiger partial charge in [0.2, 0.25) is 0 Å². The van der Waals surface area contributed by atoms with Crippen LogP contribution in [-0.2, 0) is 11.3 Å². The molecule has 0 bridgehead atoms. The van der Waals surface area contributed by atoms with Crippen LogP contribution in [0.25, 0.3) is 0 Å². The molecule has 3 aromatic carbocycles. The van der Waals surface area contributed by atoms with Gasteiger partial charge in [0, 0.05) is 12.2 Å². The van der Waals surface area contributed by atoms with Crippen molar-refractivity contribution in [3.05, 3.63) is 90.0 Å². The fourth-order valence-corrected chi connectivity index (χ4v) is 3.71. The summed E-state index contributed by atoms with van der Waals surface area (Å²) in [7, 11) is 3.32. The normalized spacial score (nSPS) is 18.4. The molecule has 1 aliphatic heterocycles. The highest BCUT2D eigenvalue weighted by Crippen LogP contribution is 2.42. The van der Waals surface area contributed by atoms with E-state index < -0.39 is 0 Å². The van der Waals surface area contributed by atoms with Gasteiger partial charge in [-0.15, -0.1) is 0 Å². The molecule has 1 fully saturated rings. The Balaban J connectivity index is 1.59. The summed E-state index contributed by atoms with van der Waals surface area (Å²) in [5, 5.41) is 0. The lowest BCUT2D eigenvalue weighted by atomic mass is 9.90. The second-order valence-corrected chi connectivity index (χ2v) is 6.88. The zero-order valence-electron chi connectivity index (χ0n) is 16.2. The quantitative estimate of drug-likeness (QED) is 0.591. The molecule has 0 unspecified atom stereocenters. The minimum atomic E-state index is 0.110. The van der Waals surface area contributed by atoms with Crippen LogP contribution in [0.2, 0.25) is 0 Å². The Kier molecular flexibility index (Phi) is 5.49. The largest absolute Gasteiger partial charge is 0.493 e. The van der Waals surface area contributed by atoms with Crippen LogP contribution >= 0.6 is 0 Å². The molecule has 4 rings (SSSR count). The van der Waals surface area contributed by atoms with Gasteiger partial charge < -0.3 is 19.1 Å². The van der Waals surface area contributed by atoms with E-state index in [1.807, 2.05) is 30.3 Å². The molecule has 1 heterocycles. The molecule has 0 saturated carbocycles. The molecule has 28 heavy (non-hydrogen) atoms. The van der Waals surface area contributed by atoms with Crippen molar-refractivity contribution in [1.29, 1.82) is 0 Å². The molecule has 1 aliphatic rings. The predicted molar refractivity (Wildman–Crippen MR) is 111 cm³/mol. The number of anilines is 1. The number of hydrogen-bond donors (Lipinski definition) is 0. The maximum atomic E-state index is 6.30. The molecule has 2 atom stereocenters. The van der Waals surface area contributed by atoms with E-state index in [0.717, 1.165) is 23.6 Å². The van der Waals surface area contributed by atoms with Crippen LogP contribution in [-0.4, -0.2) is 26.9 Å². The van der Waals surface area contributed by atoms with Gasteiger partial charge in [0.1, 0.15) is 0 Å². The molecule has 0 aliphatic carbocycles. The summed E-state index contributed by atoms with van der Waals surface area (Å²) in [6.07, 6.45) is 0.110. The van der Waals surface area contributed by atoms with Gasteiger partial charge in [-0.1, -0.05) is 54.6 Å². The molecule has 1 saturated heterocycles. The molecule has 0 amide bonds. The zero-order valence-corrected chi connectivity index (χ0v) is 16.2. The number of methoxy groups -OCH3 is 2. The van der Waals surface area contributed by atoms with Crippen molar-refractivity contribution in [2.75, 3.05) is 25.7 Å². The van der Waals surface area contributed by atoms with Gasteiger partial charge >= 0.3 is 0 Å².